The second kappa shape index (κ2) is 9.81. The second-order valence-corrected chi connectivity index (χ2v) is 9.36. The van der Waals surface area contributed by atoms with Crippen LogP contribution in [0.4, 0.5) is 17.2 Å². The molecular formula is C26H33N5O2. The summed E-state index contributed by atoms with van der Waals surface area (Å²) < 4.78 is 0. The van der Waals surface area contributed by atoms with Crippen LogP contribution < -0.4 is 15.1 Å². The first-order chi connectivity index (χ1) is 16.2. The SMILES string of the molecule is O=C(Nc1ccc(C(=O)N2CCN(c3ccccn3)CC2)c(N2CCCCCC2)c1)C1CC1. The molecule has 1 aromatic carbocycles. The first kappa shape index (κ1) is 21.7. The van der Waals surface area contributed by atoms with E-state index < -0.39 is 0 Å². The summed E-state index contributed by atoms with van der Waals surface area (Å²) in [5.74, 6) is 1.30. The van der Waals surface area contributed by atoms with Gasteiger partial charge in [0.1, 0.15) is 5.82 Å². The molecule has 1 aromatic heterocycles. The molecule has 0 spiro atoms. The van der Waals surface area contributed by atoms with Gasteiger partial charge in [-0.05, 0) is 56.0 Å². The molecular weight excluding hydrogens is 414 g/mol. The first-order valence-electron chi connectivity index (χ1n) is 12.3. The number of carbonyl (C=O) groups excluding carboxylic acids is 2. The van der Waals surface area contributed by atoms with E-state index in [0.29, 0.717) is 13.1 Å². The molecule has 0 bridgehead atoms. The number of rotatable bonds is 5. The van der Waals surface area contributed by atoms with E-state index in [9.17, 15) is 9.59 Å². The van der Waals surface area contributed by atoms with Crippen molar-refractivity contribution in [2.24, 2.45) is 5.92 Å². The molecule has 174 valence electrons. The summed E-state index contributed by atoms with van der Waals surface area (Å²) in [6.07, 6.45) is 8.49. The molecule has 1 aliphatic carbocycles. The molecule has 1 saturated carbocycles. The van der Waals surface area contributed by atoms with Gasteiger partial charge in [-0.25, -0.2) is 4.98 Å². The second-order valence-electron chi connectivity index (χ2n) is 9.36. The highest BCUT2D eigenvalue weighted by Gasteiger charge is 2.30. The lowest BCUT2D eigenvalue weighted by Crippen LogP contribution is -2.49. The third-order valence-electron chi connectivity index (χ3n) is 6.93. The van der Waals surface area contributed by atoms with E-state index >= 15 is 0 Å². The number of piperazine rings is 1. The zero-order valence-corrected chi connectivity index (χ0v) is 19.2. The van der Waals surface area contributed by atoms with E-state index in [1.165, 1.54) is 12.8 Å². The molecule has 2 saturated heterocycles. The van der Waals surface area contributed by atoms with Crippen molar-refractivity contribution in [3.63, 3.8) is 0 Å². The maximum absolute atomic E-state index is 13.6. The van der Waals surface area contributed by atoms with Crippen LogP contribution in [0.2, 0.25) is 0 Å². The highest BCUT2D eigenvalue weighted by atomic mass is 16.2. The van der Waals surface area contributed by atoms with Crippen molar-refractivity contribution in [1.29, 1.82) is 0 Å². The summed E-state index contributed by atoms with van der Waals surface area (Å²) in [6.45, 7) is 4.81. The van der Waals surface area contributed by atoms with Gasteiger partial charge in [0.2, 0.25) is 5.91 Å². The number of nitrogens with zero attached hydrogens (tertiary/aromatic N) is 4. The van der Waals surface area contributed by atoms with Crippen LogP contribution in [-0.2, 0) is 4.79 Å². The van der Waals surface area contributed by atoms with Crippen LogP contribution in [0.25, 0.3) is 0 Å². The minimum absolute atomic E-state index is 0.0787. The summed E-state index contributed by atoms with van der Waals surface area (Å²) in [7, 11) is 0. The molecule has 0 atom stereocenters. The fourth-order valence-corrected chi connectivity index (χ4v) is 4.80. The summed E-state index contributed by atoms with van der Waals surface area (Å²) in [5, 5.41) is 3.06. The van der Waals surface area contributed by atoms with E-state index in [1.54, 1.807) is 0 Å². The molecule has 7 nitrogen and oxygen atoms in total. The minimum Gasteiger partial charge on any atom is -0.371 e. The van der Waals surface area contributed by atoms with E-state index in [1.807, 2.05) is 47.5 Å². The van der Waals surface area contributed by atoms with Gasteiger partial charge in [0.15, 0.2) is 0 Å². The molecule has 2 aromatic rings. The molecule has 3 aliphatic rings. The number of carbonyl (C=O) groups is 2. The lowest BCUT2D eigenvalue weighted by molar-refractivity contribution is -0.117. The molecule has 1 N–H and O–H groups in total. The monoisotopic (exact) mass is 447 g/mol. The van der Waals surface area contributed by atoms with Crippen molar-refractivity contribution >= 4 is 29.0 Å². The van der Waals surface area contributed by atoms with Gasteiger partial charge < -0.3 is 20.0 Å². The highest BCUT2D eigenvalue weighted by molar-refractivity contribution is 6.02. The Morgan fingerprint density at radius 1 is 0.848 bits per heavy atom. The maximum atomic E-state index is 13.6. The molecule has 5 rings (SSSR count). The lowest BCUT2D eigenvalue weighted by Gasteiger charge is -2.36. The quantitative estimate of drug-likeness (QED) is 0.756. The Morgan fingerprint density at radius 2 is 1.61 bits per heavy atom. The minimum atomic E-state index is 0.0787. The summed E-state index contributed by atoms with van der Waals surface area (Å²) in [6, 6.07) is 11.8. The van der Waals surface area contributed by atoms with Crippen LogP contribution in [-0.4, -0.2) is 61.0 Å². The first-order valence-corrected chi connectivity index (χ1v) is 12.3. The molecule has 7 heteroatoms. The molecule has 2 amide bonds. The number of hydrogen-bond acceptors (Lipinski definition) is 5. The van der Waals surface area contributed by atoms with Gasteiger partial charge in [-0.15, -0.1) is 0 Å². The zero-order valence-electron chi connectivity index (χ0n) is 19.2. The van der Waals surface area contributed by atoms with Crippen LogP contribution in [0, 0.1) is 5.92 Å². The van der Waals surface area contributed by atoms with Crippen molar-refractivity contribution in [3.8, 4) is 0 Å². The number of hydrogen-bond donors (Lipinski definition) is 1. The average Bonchev–Trinajstić information content (AvgIpc) is 3.72. The molecule has 33 heavy (non-hydrogen) atoms. The van der Waals surface area contributed by atoms with Crippen molar-refractivity contribution in [1.82, 2.24) is 9.88 Å². The third-order valence-corrected chi connectivity index (χ3v) is 6.93. The zero-order chi connectivity index (χ0) is 22.6. The molecule has 2 aliphatic heterocycles. The Bertz CT molecular complexity index is 975. The van der Waals surface area contributed by atoms with Crippen LogP contribution in [0.3, 0.4) is 0 Å². The fourth-order valence-electron chi connectivity index (χ4n) is 4.80. The van der Waals surface area contributed by atoms with Gasteiger partial charge in [-0.2, -0.15) is 0 Å². The van der Waals surface area contributed by atoms with Gasteiger partial charge in [-0.3, -0.25) is 9.59 Å². The Labute approximate surface area is 195 Å². The van der Waals surface area contributed by atoms with Gasteiger partial charge in [-0.1, -0.05) is 18.9 Å². The fraction of sp³-hybridized carbons (Fsp3) is 0.500. The molecule has 3 heterocycles. The molecule has 0 radical (unpaired) electrons. The smallest absolute Gasteiger partial charge is 0.256 e. The number of pyridine rings is 1. The van der Waals surface area contributed by atoms with Crippen molar-refractivity contribution in [2.45, 2.75) is 38.5 Å². The number of benzene rings is 1. The average molecular weight is 448 g/mol. The molecule has 3 fully saturated rings. The van der Waals surface area contributed by atoms with Gasteiger partial charge in [0.05, 0.1) is 11.3 Å². The summed E-state index contributed by atoms with van der Waals surface area (Å²) in [4.78, 5) is 36.9. The van der Waals surface area contributed by atoms with Crippen LogP contribution >= 0.6 is 0 Å². The number of anilines is 3. The van der Waals surface area contributed by atoms with Crippen molar-refractivity contribution < 1.29 is 9.59 Å². The van der Waals surface area contributed by atoms with Crippen molar-refractivity contribution in [3.05, 3.63) is 48.2 Å². The normalized spacial score (nSPS) is 19.2. The van der Waals surface area contributed by atoms with E-state index in [-0.39, 0.29) is 17.7 Å². The summed E-state index contributed by atoms with van der Waals surface area (Å²) >= 11 is 0. The number of nitrogens with one attached hydrogen (secondary N) is 1. The van der Waals surface area contributed by atoms with Crippen LogP contribution in [0.1, 0.15) is 48.9 Å². The number of amides is 2. The third kappa shape index (κ3) is 5.13. The lowest BCUT2D eigenvalue weighted by atomic mass is 10.1. The predicted octanol–water partition coefficient (Wildman–Crippen LogP) is 3.77. The topological polar surface area (TPSA) is 68.8 Å². The Hall–Kier alpha value is -3.09. The van der Waals surface area contributed by atoms with Crippen molar-refractivity contribution in [2.75, 3.05) is 54.4 Å². The van der Waals surface area contributed by atoms with Crippen LogP contribution in [0.15, 0.2) is 42.6 Å². The largest absolute Gasteiger partial charge is 0.371 e. The van der Waals surface area contributed by atoms with E-state index in [2.05, 4.69) is 20.1 Å². The Kier molecular flexibility index (Phi) is 6.46. The van der Waals surface area contributed by atoms with Crippen LogP contribution in [0.5, 0.6) is 0 Å². The Balaban J connectivity index is 1.34. The van der Waals surface area contributed by atoms with E-state index in [4.69, 9.17) is 0 Å². The Morgan fingerprint density at radius 3 is 2.27 bits per heavy atom. The predicted molar refractivity (Wildman–Crippen MR) is 131 cm³/mol. The highest BCUT2D eigenvalue weighted by Crippen LogP contribution is 2.32. The van der Waals surface area contributed by atoms with E-state index in [0.717, 1.165) is 74.6 Å². The maximum Gasteiger partial charge on any atom is 0.256 e. The van der Waals surface area contributed by atoms with Gasteiger partial charge >= 0.3 is 0 Å². The molecule has 0 unspecified atom stereocenters. The van der Waals surface area contributed by atoms with Gasteiger partial charge in [0.25, 0.3) is 5.91 Å². The number of aromatic nitrogens is 1. The standard InChI is InChI=1S/C26H33N5O2/c32-25(20-8-9-20)28-21-10-11-22(23(19-21)29-13-5-1-2-6-14-29)26(33)31-17-15-30(16-18-31)24-7-3-4-12-27-24/h3-4,7,10-12,19-20H,1-2,5-6,8-9,13-18H2,(H,28,32). The van der Waals surface area contributed by atoms with Gasteiger partial charge in [0, 0.05) is 57.1 Å². The summed E-state index contributed by atoms with van der Waals surface area (Å²) in [5.41, 5.74) is 2.50.